The van der Waals surface area contributed by atoms with Crippen LogP contribution in [0.3, 0.4) is 0 Å². The van der Waals surface area contributed by atoms with Crippen LogP contribution in [0.2, 0.25) is 0 Å². The molecule has 1 fully saturated rings. The van der Waals surface area contributed by atoms with E-state index in [4.69, 9.17) is 9.47 Å². The summed E-state index contributed by atoms with van der Waals surface area (Å²) in [6.45, 7) is 3.41. The standard InChI is InChI=1S/C18H22F2O2/c1-2-3-4-5-15-12-21-18(22-13-15)16-9-6-14(7-10-16)8-11-17(19)20/h2-3,6-7,9-11,15,18H,4-5,8,12-13H2,1H3/b3-2+. The Hall–Kier alpha value is -1.52. The Balaban J connectivity index is 1.82. The Kier molecular flexibility index (Phi) is 6.74. The zero-order chi connectivity index (χ0) is 15.8. The van der Waals surface area contributed by atoms with E-state index in [0.29, 0.717) is 19.1 Å². The number of hydrogen-bond acceptors (Lipinski definition) is 2. The summed E-state index contributed by atoms with van der Waals surface area (Å²) in [6.07, 6.45) is 5.48. The first kappa shape index (κ1) is 16.8. The lowest BCUT2D eigenvalue weighted by atomic mass is 10.0. The first-order chi connectivity index (χ1) is 10.7. The van der Waals surface area contributed by atoms with Crippen molar-refractivity contribution in [3.63, 3.8) is 0 Å². The maximum absolute atomic E-state index is 12.1. The van der Waals surface area contributed by atoms with Crippen LogP contribution in [0.25, 0.3) is 0 Å². The van der Waals surface area contributed by atoms with Crippen molar-refractivity contribution in [2.24, 2.45) is 5.92 Å². The van der Waals surface area contributed by atoms with Gasteiger partial charge in [0.15, 0.2) is 6.29 Å². The second-order valence-electron chi connectivity index (χ2n) is 5.45. The molecule has 0 atom stereocenters. The molecule has 1 aliphatic rings. The smallest absolute Gasteiger partial charge is 0.266 e. The third-order valence-electron chi connectivity index (χ3n) is 3.69. The Morgan fingerprint density at radius 3 is 2.45 bits per heavy atom. The van der Waals surface area contributed by atoms with Crippen molar-refractivity contribution >= 4 is 0 Å². The summed E-state index contributed by atoms with van der Waals surface area (Å²) >= 11 is 0. The molecule has 22 heavy (non-hydrogen) atoms. The molecule has 1 aromatic rings. The van der Waals surface area contributed by atoms with E-state index in [1.807, 2.05) is 31.2 Å². The summed E-state index contributed by atoms with van der Waals surface area (Å²) in [4.78, 5) is 0. The van der Waals surface area contributed by atoms with Crippen molar-refractivity contribution in [2.45, 2.75) is 32.5 Å². The van der Waals surface area contributed by atoms with Crippen LogP contribution < -0.4 is 0 Å². The molecule has 0 spiro atoms. The van der Waals surface area contributed by atoms with Crippen LogP contribution in [-0.2, 0) is 15.9 Å². The van der Waals surface area contributed by atoms with Crippen LogP contribution in [0, 0.1) is 5.92 Å². The fourth-order valence-electron chi connectivity index (χ4n) is 2.41. The van der Waals surface area contributed by atoms with E-state index < -0.39 is 6.08 Å². The van der Waals surface area contributed by atoms with Crippen LogP contribution in [0.1, 0.15) is 37.2 Å². The van der Waals surface area contributed by atoms with Gasteiger partial charge in [-0.3, -0.25) is 0 Å². The predicted molar refractivity (Wildman–Crippen MR) is 82.6 cm³/mol. The molecule has 0 unspecified atom stereocenters. The van der Waals surface area contributed by atoms with Gasteiger partial charge in [-0.2, -0.15) is 8.78 Å². The second kappa shape index (κ2) is 8.81. The number of allylic oxidation sites excluding steroid dienone is 3. The number of benzene rings is 1. The quantitative estimate of drug-likeness (QED) is 0.686. The van der Waals surface area contributed by atoms with Crippen molar-refractivity contribution in [3.05, 3.63) is 59.7 Å². The average molecular weight is 308 g/mol. The van der Waals surface area contributed by atoms with Gasteiger partial charge >= 0.3 is 0 Å². The molecule has 0 radical (unpaired) electrons. The van der Waals surface area contributed by atoms with Crippen molar-refractivity contribution in [2.75, 3.05) is 13.2 Å². The summed E-state index contributed by atoms with van der Waals surface area (Å²) in [5.74, 6) is 0.435. The molecule has 1 heterocycles. The largest absolute Gasteiger partial charge is 0.348 e. The topological polar surface area (TPSA) is 18.5 Å². The normalized spacial score (nSPS) is 22.0. The summed E-state index contributed by atoms with van der Waals surface area (Å²) in [5.41, 5.74) is 1.77. The number of halogens is 2. The van der Waals surface area contributed by atoms with Crippen molar-refractivity contribution in [3.8, 4) is 0 Å². The molecular formula is C18H22F2O2. The van der Waals surface area contributed by atoms with Crippen LogP contribution >= 0.6 is 0 Å². The van der Waals surface area contributed by atoms with Crippen molar-refractivity contribution in [1.29, 1.82) is 0 Å². The molecule has 0 saturated carbocycles. The molecule has 1 aromatic carbocycles. The van der Waals surface area contributed by atoms with E-state index in [1.54, 1.807) is 0 Å². The molecule has 0 N–H and O–H groups in total. The Labute approximate surface area is 130 Å². The lowest BCUT2D eigenvalue weighted by Crippen LogP contribution is -2.27. The number of rotatable bonds is 6. The van der Waals surface area contributed by atoms with E-state index in [0.717, 1.165) is 30.0 Å². The highest BCUT2D eigenvalue weighted by Gasteiger charge is 2.22. The molecular weight excluding hydrogens is 286 g/mol. The van der Waals surface area contributed by atoms with Gasteiger partial charge in [0.2, 0.25) is 0 Å². The number of hydrogen-bond donors (Lipinski definition) is 0. The lowest BCUT2D eigenvalue weighted by Gasteiger charge is -2.29. The summed E-state index contributed by atoms with van der Waals surface area (Å²) in [5, 5.41) is 0. The zero-order valence-electron chi connectivity index (χ0n) is 12.8. The van der Waals surface area contributed by atoms with Crippen LogP contribution in [0.4, 0.5) is 8.78 Å². The van der Waals surface area contributed by atoms with Gasteiger partial charge in [-0.1, -0.05) is 36.4 Å². The summed E-state index contributed by atoms with van der Waals surface area (Å²) < 4.78 is 35.6. The maximum atomic E-state index is 12.1. The number of ether oxygens (including phenoxy) is 2. The average Bonchev–Trinajstić information content (AvgIpc) is 2.54. The second-order valence-corrected chi connectivity index (χ2v) is 5.45. The molecule has 120 valence electrons. The lowest BCUT2D eigenvalue weighted by molar-refractivity contribution is -0.205. The molecule has 4 heteroatoms. The molecule has 1 aliphatic heterocycles. The zero-order valence-corrected chi connectivity index (χ0v) is 12.8. The molecule has 2 rings (SSSR count). The van der Waals surface area contributed by atoms with Gasteiger partial charge in [0, 0.05) is 11.5 Å². The van der Waals surface area contributed by atoms with Crippen molar-refractivity contribution < 1.29 is 18.3 Å². The Morgan fingerprint density at radius 1 is 1.18 bits per heavy atom. The van der Waals surface area contributed by atoms with Gasteiger partial charge in [-0.15, -0.1) is 0 Å². The van der Waals surface area contributed by atoms with Gasteiger partial charge in [-0.05, 0) is 37.8 Å². The fraction of sp³-hybridized carbons (Fsp3) is 0.444. The first-order valence-electron chi connectivity index (χ1n) is 7.63. The highest BCUT2D eigenvalue weighted by Crippen LogP contribution is 2.27. The van der Waals surface area contributed by atoms with Gasteiger partial charge in [0.1, 0.15) is 0 Å². The summed E-state index contributed by atoms with van der Waals surface area (Å²) in [7, 11) is 0. The van der Waals surface area contributed by atoms with Gasteiger partial charge in [-0.25, -0.2) is 0 Å². The molecule has 0 bridgehead atoms. The first-order valence-corrected chi connectivity index (χ1v) is 7.63. The molecule has 1 saturated heterocycles. The minimum absolute atomic E-state index is 0.238. The van der Waals surface area contributed by atoms with Crippen LogP contribution in [0.15, 0.2) is 48.6 Å². The minimum Gasteiger partial charge on any atom is -0.348 e. The predicted octanol–water partition coefficient (Wildman–Crippen LogP) is 5.03. The molecule has 0 amide bonds. The minimum atomic E-state index is -1.65. The van der Waals surface area contributed by atoms with E-state index >= 15 is 0 Å². The molecule has 2 nitrogen and oxygen atoms in total. The van der Waals surface area contributed by atoms with Gasteiger partial charge in [0.05, 0.1) is 13.2 Å². The van der Waals surface area contributed by atoms with E-state index in [1.165, 1.54) is 0 Å². The Morgan fingerprint density at radius 2 is 1.86 bits per heavy atom. The van der Waals surface area contributed by atoms with Crippen LogP contribution in [0.5, 0.6) is 0 Å². The highest BCUT2D eigenvalue weighted by molar-refractivity contribution is 5.25. The fourth-order valence-corrected chi connectivity index (χ4v) is 2.41. The van der Waals surface area contributed by atoms with E-state index in [9.17, 15) is 8.78 Å². The maximum Gasteiger partial charge on any atom is 0.266 e. The Bertz CT molecular complexity index is 496. The molecule has 0 aliphatic carbocycles. The van der Waals surface area contributed by atoms with E-state index in [2.05, 4.69) is 12.2 Å². The highest BCUT2D eigenvalue weighted by atomic mass is 19.3. The monoisotopic (exact) mass is 308 g/mol. The van der Waals surface area contributed by atoms with E-state index in [-0.39, 0.29) is 12.7 Å². The summed E-state index contributed by atoms with van der Waals surface area (Å²) in [6, 6.07) is 7.42. The third-order valence-corrected chi connectivity index (χ3v) is 3.69. The van der Waals surface area contributed by atoms with Gasteiger partial charge in [0.25, 0.3) is 6.08 Å². The van der Waals surface area contributed by atoms with Crippen molar-refractivity contribution in [1.82, 2.24) is 0 Å². The SMILES string of the molecule is C/C=C/CCC1COC(c2ccc(CC=C(F)F)cc2)OC1. The molecule has 0 aromatic heterocycles. The van der Waals surface area contributed by atoms with Crippen LogP contribution in [-0.4, -0.2) is 13.2 Å². The third kappa shape index (κ3) is 5.35. The van der Waals surface area contributed by atoms with Gasteiger partial charge < -0.3 is 9.47 Å².